The van der Waals surface area contributed by atoms with Crippen molar-refractivity contribution in [1.29, 1.82) is 0 Å². The second kappa shape index (κ2) is 6.80. The lowest BCUT2D eigenvalue weighted by atomic mass is 10.1. The number of hydrogen-bond acceptors (Lipinski definition) is 4. The predicted octanol–water partition coefficient (Wildman–Crippen LogP) is 2.02. The van der Waals surface area contributed by atoms with E-state index < -0.39 is 0 Å². The third-order valence-electron chi connectivity index (χ3n) is 4.24. The molecule has 1 aliphatic heterocycles. The van der Waals surface area contributed by atoms with Gasteiger partial charge in [-0.1, -0.05) is 12.6 Å². The summed E-state index contributed by atoms with van der Waals surface area (Å²) in [6.07, 6.45) is 3.10. The lowest BCUT2D eigenvalue weighted by molar-refractivity contribution is -0.131. The van der Waals surface area contributed by atoms with E-state index in [1.54, 1.807) is 41.1 Å². The molecule has 1 fully saturated rings. The number of aryl methyl sites for hydroxylation is 1. The van der Waals surface area contributed by atoms with Crippen LogP contribution in [0.4, 0.5) is 5.82 Å². The van der Waals surface area contributed by atoms with Crippen molar-refractivity contribution in [2.45, 2.75) is 13.0 Å². The van der Waals surface area contributed by atoms with E-state index in [0.717, 1.165) is 5.56 Å². The number of anilines is 1. The van der Waals surface area contributed by atoms with Gasteiger partial charge in [-0.3, -0.25) is 14.3 Å². The van der Waals surface area contributed by atoms with Crippen molar-refractivity contribution in [3.8, 4) is 5.75 Å². The molecule has 0 unspecified atom stereocenters. The van der Waals surface area contributed by atoms with Gasteiger partial charge in [0.05, 0.1) is 13.2 Å². The molecule has 1 aromatic heterocycles. The van der Waals surface area contributed by atoms with Gasteiger partial charge < -0.3 is 15.0 Å². The largest absolute Gasteiger partial charge is 0.496 e. The Hall–Kier alpha value is -3.09. The zero-order chi connectivity index (χ0) is 18.0. The molecule has 1 N–H and O–H groups in total. The average molecular weight is 340 g/mol. The molecule has 2 heterocycles. The average Bonchev–Trinajstić information content (AvgIpc) is 3.01. The summed E-state index contributed by atoms with van der Waals surface area (Å²) in [4.78, 5) is 25.5. The normalized spacial score (nSPS) is 13.9. The molecule has 2 amide bonds. The number of carbonyl (C=O) groups is 2. The Morgan fingerprint density at radius 3 is 2.80 bits per heavy atom. The summed E-state index contributed by atoms with van der Waals surface area (Å²) in [6.45, 7) is 6.58. The Morgan fingerprint density at radius 2 is 2.12 bits per heavy atom. The van der Waals surface area contributed by atoms with Crippen LogP contribution in [-0.4, -0.2) is 46.7 Å². The zero-order valence-corrected chi connectivity index (χ0v) is 14.2. The highest BCUT2D eigenvalue weighted by Gasteiger charge is 2.31. The molecule has 0 spiro atoms. The van der Waals surface area contributed by atoms with E-state index in [0.29, 0.717) is 30.2 Å². The monoisotopic (exact) mass is 340 g/mol. The molecule has 1 saturated heterocycles. The Kier molecular flexibility index (Phi) is 4.56. The van der Waals surface area contributed by atoms with Gasteiger partial charge in [-0.2, -0.15) is 5.10 Å². The molecule has 0 saturated carbocycles. The van der Waals surface area contributed by atoms with Gasteiger partial charge in [0.25, 0.3) is 5.91 Å². The summed E-state index contributed by atoms with van der Waals surface area (Å²) in [5.41, 5.74) is 1.47. The van der Waals surface area contributed by atoms with Crippen LogP contribution in [0.3, 0.4) is 0 Å². The van der Waals surface area contributed by atoms with Crippen LogP contribution < -0.4 is 10.1 Å². The van der Waals surface area contributed by atoms with Gasteiger partial charge in [-0.15, -0.1) is 0 Å². The topological polar surface area (TPSA) is 76.5 Å². The third-order valence-corrected chi connectivity index (χ3v) is 4.24. The Labute approximate surface area is 145 Å². The van der Waals surface area contributed by atoms with Crippen molar-refractivity contribution >= 4 is 17.6 Å². The Bertz CT molecular complexity index is 821. The van der Waals surface area contributed by atoms with Crippen LogP contribution in [0.25, 0.3) is 0 Å². The van der Waals surface area contributed by atoms with E-state index in [2.05, 4.69) is 17.0 Å². The highest BCUT2D eigenvalue weighted by molar-refractivity contribution is 6.04. The maximum atomic E-state index is 12.4. The fourth-order valence-electron chi connectivity index (χ4n) is 2.69. The standard InChI is InChI=1S/C18H20N4O3/c1-4-17(23)21-10-14(11-21)22-8-7-16(20-22)19-18(24)13-6-5-12(2)15(9-13)25-3/h4-9,14H,1,10-11H2,2-3H3,(H,19,20,24). The molecule has 1 aromatic carbocycles. The Balaban J connectivity index is 1.63. The van der Waals surface area contributed by atoms with Crippen molar-refractivity contribution in [2.24, 2.45) is 0 Å². The number of benzene rings is 1. The van der Waals surface area contributed by atoms with E-state index in [4.69, 9.17) is 4.74 Å². The second-order valence-corrected chi connectivity index (χ2v) is 5.92. The van der Waals surface area contributed by atoms with E-state index in [1.165, 1.54) is 6.08 Å². The summed E-state index contributed by atoms with van der Waals surface area (Å²) in [5.74, 6) is 0.809. The van der Waals surface area contributed by atoms with Crippen molar-refractivity contribution in [3.63, 3.8) is 0 Å². The van der Waals surface area contributed by atoms with Crippen LogP contribution in [0.1, 0.15) is 22.0 Å². The van der Waals surface area contributed by atoms with Crippen LogP contribution in [0.5, 0.6) is 5.75 Å². The number of aromatic nitrogens is 2. The predicted molar refractivity (Wildman–Crippen MR) is 93.7 cm³/mol. The number of ether oxygens (including phenoxy) is 1. The molecule has 1 aliphatic rings. The van der Waals surface area contributed by atoms with Gasteiger partial charge in [0.15, 0.2) is 5.82 Å². The minimum Gasteiger partial charge on any atom is -0.496 e. The van der Waals surface area contributed by atoms with Crippen LogP contribution in [0.2, 0.25) is 0 Å². The first-order valence-corrected chi connectivity index (χ1v) is 7.94. The van der Waals surface area contributed by atoms with Gasteiger partial charge in [0, 0.05) is 30.9 Å². The first-order chi connectivity index (χ1) is 12.0. The molecule has 2 aromatic rings. The second-order valence-electron chi connectivity index (χ2n) is 5.92. The number of carbonyl (C=O) groups excluding carboxylic acids is 2. The summed E-state index contributed by atoms with van der Waals surface area (Å²) in [7, 11) is 1.57. The van der Waals surface area contributed by atoms with Crippen molar-refractivity contribution in [3.05, 3.63) is 54.2 Å². The minimum absolute atomic E-state index is 0.0785. The number of amides is 2. The van der Waals surface area contributed by atoms with Gasteiger partial charge in [0.1, 0.15) is 5.75 Å². The number of nitrogens with zero attached hydrogens (tertiary/aromatic N) is 3. The molecule has 0 aliphatic carbocycles. The lowest BCUT2D eigenvalue weighted by Crippen LogP contribution is -2.50. The summed E-state index contributed by atoms with van der Waals surface area (Å²) >= 11 is 0. The van der Waals surface area contributed by atoms with Crippen molar-refractivity contribution in [2.75, 3.05) is 25.5 Å². The fourth-order valence-corrected chi connectivity index (χ4v) is 2.69. The van der Waals surface area contributed by atoms with Crippen LogP contribution >= 0.6 is 0 Å². The number of methoxy groups -OCH3 is 1. The maximum Gasteiger partial charge on any atom is 0.256 e. The fraction of sp³-hybridized carbons (Fsp3) is 0.278. The van der Waals surface area contributed by atoms with E-state index in [9.17, 15) is 9.59 Å². The lowest BCUT2D eigenvalue weighted by Gasteiger charge is -2.38. The molecular weight excluding hydrogens is 320 g/mol. The van der Waals surface area contributed by atoms with Crippen molar-refractivity contribution in [1.82, 2.24) is 14.7 Å². The molecule has 7 nitrogen and oxygen atoms in total. The first kappa shape index (κ1) is 16.8. The molecular formula is C18H20N4O3. The molecule has 130 valence electrons. The molecule has 0 bridgehead atoms. The van der Waals surface area contributed by atoms with Gasteiger partial charge >= 0.3 is 0 Å². The number of hydrogen-bond donors (Lipinski definition) is 1. The number of rotatable bonds is 5. The van der Waals surface area contributed by atoms with E-state index in [1.807, 2.05) is 13.0 Å². The van der Waals surface area contributed by atoms with Crippen molar-refractivity contribution < 1.29 is 14.3 Å². The number of nitrogens with one attached hydrogen (secondary N) is 1. The molecule has 0 atom stereocenters. The summed E-state index contributed by atoms with van der Waals surface area (Å²) in [5, 5.41) is 7.14. The molecule has 0 radical (unpaired) electrons. The van der Waals surface area contributed by atoms with Gasteiger partial charge in [-0.25, -0.2) is 0 Å². The quantitative estimate of drug-likeness (QED) is 0.845. The molecule has 3 rings (SSSR count). The third kappa shape index (κ3) is 3.40. The molecule has 25 heavy (non-hydrogen) atoms. The van der Waals surface area contributed by atoms with E-state index in [-0.39, 0.29) is 17.9 Å². The highest BCUT2D eigenvalue weighted by atomic mass is 16.5. The highest BCUT2D eigenvalue weighted by Crippen LogP contribution is 2.22. The Morgan fingerprint density at radius 1 is 1.36 bits per heavy atom. The SMILES string of the molecule is C=CC(=O)N1CC(n2ccc(NC(=O)c3ccc(C)c(OC)c3)n2)C1. The van der Waals surface area contributed by atoms with Gasteiger partial charge in [0.2, 0.25) is 5.91 Å². The summed E-state index contributed by atoms with van der Waals surface area (Å²) < 4.78 is 7.01. The summed E-state index contributed by atoms with van der Waals surface area (Å²) in [6, 6.07) is 7.14. The minimum atomic E-state index is -0.249. The number of likely N-dealkylation sites (tertiary alicyclic amines) is 1. The maximum absolute atomic E-state index is 12.4. The first-order valence-electron chi connectivity index (χ1n) is 7.94. The van der Waals surface area contributed by atoms with Crippen LogP contribution in [0.15, 0.2) is 43.1 Å². The van der Waals surface area contributed by atoms with Gasteiger partial charge in [-0.05, 0) is 30.7 Å². The molecule has 7 heteroatoms. The van der Waals surface area contributed by atoms with E-state index >= 15 is 0 Å². The zero-order valence-electron chi connectivity index (χ0n) is 14.2. The van der Waals surface area contributed by atoms with Crippen LogP contribution in [0, 0.1) is 6.92 Å². The van der Waals surface area contributed by atoms with Crippen LogP contribution in [-0.2, 0) is 4.79 Å². The smallest absolute Gasteiger partial charge is 0.256 e.